The number of methoxy groups -OCH3 is 1. The van der Waals surface area contributed by atoms with Crippen LogP contribution in [-0.2, 0) is 12.0 Å². The number of quaternary nitrogens is 1. The number of rotatable bonds is 4. The zero-order chi connectivity index (χ0) is 18.4. The largest absolute Gasteiger partial charge is 0.497 e. The molecule has 0 aliphatic heterocycles. The van der Waals surface area contributed by atoms with Gasteiger partial charge in [0.1, 0.15) is 5.75 Å². The van der Waals surface area contributed by atoms with Gasteiger partial charge >= 0.3 is 0 Å². The molecule has 0 amide bonds. The highest BCUT2D eigenvalue weighted by atomic mass is 16.5. The fourth-order valence-corrected chi connectivity index (χ4v) is 4.49. The lowest BCUT2D eigenvalue weighted by atomic mass is 9.79. The van der Waals surface area contributed by atoms with Crippen LogP contribution >= 0.6 is 0 Å². The van der Waals surface area contributed by atoms with Crippen molar-refractivity contribution in [3.63, 3.8) is 0 Å². The molecule has 0 fully saturated rings. The van der Waals surface area contributed by atoms with Crippen LogP contribution in [0.1, 0.15) is 16.7 Å². The number of hydrogen-bond donors (Lipinski definition) is 0. The van der Waals surface area contributed by atoms with E-state index in [2.05, 4.69) is 93.9 Å². The summed E-state index contributed by atoms with van der Waals surface area (Å²) in [7, 11) is 8.64. The Labute approximate surface area is 156 Å². The van der Waals surface area contributed by atoms with Gasteiger partial charge in [-0.1, -0.05) is 60.7 Å². The van der Waals surface area contributed by atoms with Crippen molar-refractivity contribution in [2.75, 3.05) is 28.3 Å². The first-order valence-corrected chi connectivity index (χ1v) is 9.11. The van der Waals surface area contributed by atoms with E-state index in [1.165, 1.54) is 27.8 Å². The minimum Gasteiger partial charge on any atom is -0.497 e. The van der Waals surface area contributed by atoms with Gasteiger partial charge in [0.05, 0.1) is 28.3 Å². The fraction of sp³-hybridized carbons (Fsp3) is 0.250. The van der Waals surface area contributed by atoms with Crippen molar-refractivity contribution in [1.82, 2.24) is 0 Å². The summed E-state index contributed by atoms with van der Waals surface area (Å²) in [5.74, 6) is 0.903. The summed E-state index contributed by atoms with van der Waals surface area (Å²) in [6.07, 6.45) is 0.953. The Bertz CT molecular complexity index is 889. The first-order chi connectivity index (χ1) is 12.5. The monoisotopic (exact) mass is 344 g/mol. The standard InChI is InChI=1S/C24H26NO/c1-25(2,3)24(17-18-13-15-19(26-4)16-14-18)22-11-7-5-9-20(22)21-10-6-8-12-23(21)24/h5-16H,17H2,1-4H3/q+1. The maximum Gasteiger partial charge on any atom is 0.155 e. The van der Waals surface area contributed by atoms with Crippen LogP contribution in [0.4, 0.5) is 0 Å². The van der Waals surface area contributed by atoms with E-state index in [-0.39, 0.29) is 5.54 Å². The molecule has 1 aliphatic rings. The quantitative estimate of drug-likeness (QED) is 0.614. The Kier molecular flexibility index (Phi) is 3.89. The number of benzene rings is 3. The van der Waals surface area contributed by atoms with Crippen LogP contribution in [0.2, 0.25) is 0 Å². The van der Waals surface area contributed by atoms with Crippen molar-refractivity contribution in [2.45, 2.75) is 12.0 Å². The summed E-state index contributed by atoms with van der Waals surface area (Å²) < 4.78 is 6.18. The molecule has 26 heavy (non-hydrogen) atoms. The Morgan fingerprint density at radius 2 is 1.23 bits per heavy atom. The first kappa shape index (κ1) is 16.9. The predicted molar refractivity (Wildman–Crippen MR) is 107 cm³/mol. The van der Waals surface area contributed by atoms with E-state index in [0.717, 1.165) is 16.7 Å². The number of hydrogen-bond acceptors (Lipinski definition) is 1. The Hall–Kier alpha value is -2.58. The number of nitrogens with zero attached hydrogens (tertiary/aromatic N) is 1. The zero-order valence-corrected chi connectivity index (χ0v) is 16.0. The molecule has 0 aromatic heterocycles. The van der Waals surface area contributed by atoms with E-state index in [9.17, 15) is 0 Å². The average Bonchev–Trinajstić information content (AvgIpc) is 2.94. The molecule has 0 N–H and O–H groups in total. The molecule has 0 saturated heterocycles. The van der Waals surface area contributed by atoms with Crippen molar-refractivity contribution in [2.24, 2.45) is 0 Å². The normalized spacial score (nSPS) is 14.6. The third-order valence-electron chi connectivity index (χ3n) is 5.80. The lowest BCUT2D eigenvalue weighted by Crippen LogP contribution is -2.55. The molecule has 0 unspecified atom stereocenters. The van der Waals surface area contributed by atoms with Crippen LogP contribution in [-0.4, -0.2) is 32.7 Å². The molecular formula is C24H26NO+. The molecule has 0 saturated carbocycles. The highest BCUT2D eigenvalue weighted by Crippen LogP contribution is 2.53. The van der Waals surface area contributed by atoms with Crippen molar-refractivity contribution < 1.29 is 9.22 Å². The molecular weight excluding hydrogens is 318 g/mol. The maximum atomic E-state index is 5.34. The van der Waals surface area contributed by atoms with Crippen molar-refractivity contribution >= 4 is 0 Å². The molecule has 4 rings (SSSR count). The van der Waals surface area contributed by atoms with Gasteiger partial charge in [0.25, 0.3) is 0 Å². The summed E-state index contributed by atoms with van der Waals surface area (Å²) >= 11 is 0. The van der Waals surface area contributed by atoms with Gasteiger partial charge in [-0.05, 0) is 28.8 Å². The smallest absolute Gasteiger partial charge is 0.155 e. The molecule has 0 heterocycles. The van der Waals surface area contributed by atoms with E-state index >= 15 is 0 Å². The SMILES string of the molecule is COc1ccc(CC2([N+](C)(C)C)c3ccccc3-c3ccccc32)cc1. The van der Waals surface area contributed by atoms with Crippen molar-refractivity contribution in [3.8, 4) is 16.9 Å². The molecule has 3 aromatic rings. The van der Waals surface area contributed by atoms with E-state index in [1.54, 1.807) is 7.11 Å². The van der Waals surface area contributed by atoms with E-state index in [4.69, 9.17) is 4.74 Å². The third kappa shape index (κ3) is 2.37. The minimum absolute atomic E-state index is 0.109. The lowest BCUT2D eigenvalue weighted by molar-refractivity contribution is -0.924. The molecule has 2 nitrogen and oxygen atoms in total. The highest BCUT2D eigenvalue weighted by molar-refractivity contribution is 5.80. The van der Waals surface area contributed by atoms with Crippen LogP contribution in [0.15, 0.2) is 72.8 Å². The Morgan fingerprint density at radius 3 is 1.69 bits per heavy atom. The topological polar surface area (TPSA) is 9.23 Å². The van der Waals surface area contributed by atoms with Crippen molar-refractivity contribution in [3.05, 3.63) is 89.5 Å². The Balaban J connectivity index is 1.95. The average molecular weight is 344 g/mol. The highest BCUT2D eigenvalue weighted by Gasteiger charge is 2.52. The molecule has 2 heteroatoms. The van der Waals surface area contributed by atoms with E-state index < -0.39 is 0 Å². The number of fused-ring (bicyclic) bond motifs is 3. The second-order valence-corrected chi connectivity index (χ2v) is 7.99. The van der Waals surface area contributed by atoms with Crippen LogP contribution in [0.25, 0.3) is 11.1 Å². The second-order valence-electron chi connectivity index (χ2n) is 7.99. The van der Waals surface area contributed by atoms with Gasteiger partial charge in [0.2, 0.25) is 0 Å². The first-order valence-electron chi connectivity index (χ1n) is 9.11. The molecule has 0 bridgehead atoms. The fourth-order valence-electron chi connectivity index (χ4n) is 4.49. The van der Waals surface area contributed by atoms with Gasteiger partial charge in [-0.15, -0.1) is 0 Å². The van der Waals surface area contributed by atoms with E-state index in [1.807, 2.05) is 0 Å². The minimum atomic E-state index is -0.109. The molecule has 132 valence electrons. The van der Waals surface area contributed by atoms with Crippen LogP contribution in [0, 0.1) is 0 Å². The van der Waals surface area contributed by atoms with Gasteiger partial charge < -0.3 is 9.22 Å². The molecule has 0 spiro atoms. The Morgan fingerprint density at radius 1 is 0.731 bits per heavy atom. The lowest BCUT2D eigenvalue weighted by Gasteiger charge is -2.45. The predicted octanol–water partition coefficient (Wildman–Crippen LogP) is 4.87. The van der Waals surface area contributed by atoms with Gasteiger partial charge in [0, 0.05) is 17.5 Å². The molecule has 3 aromatic carbocycles. The summed E-state index contributed by atoms with van der Waals surface area (Å²) in [5.41, 5.74) is 6.79. The summed E-state index contributed by atoms with van der Waals surface area (Å²) in [5, 5.41) is 0. The van der Waals surface area contributed by atoms with Crippen LogP contribution in [0.3, 0.4) is 0 Å². The van der Waals surface area contributed by atoms with Gasteiger partial charge in [0.15, 0.2) is 5.54 Å². The summed E-state index contributed by atoms with van der Waals surface area (Å²) in [4.78, 5) is 0. The van der Waals surface area contributed by atoms with Crippen molar-refractivity contribution in [1.29, 1.82) is 0 Å². The molecule has 1 aliphatic carbocycles. The van der Waals surface area contributed by atoms with Crippen LogP contribution in [0.5, 0.6) is 5.75 Å². The van der Waals surface area contributed by atoms with E-state index in [0.29, 0.717) is 0 Å². The molecule has 0 atom stereocenters. The van der Waals surface area contributed by atoms with Gasteiger partial charge in [-0.3, -0.25) is 0 Å². The summed E-state index contributed by atoms with van der Waals surface area (Å²) in [6, 6.07) is 26.3. The molecule has 0 radical (unpaired) electrons. The maximum absolute atomic E-state index is 5.34. The number of likely N-dealkylation sites (N-methyl/N-ethyl adjacent to an activating group) is 1. The third-order valence-corrected chi connectivity index (χ3v) is 5.80. The van der Waals surface area contributed by atoms with Crippen LogP contribution < -0.4 is 4.74 Å². The zero-order valence-electron chi connectivity index (χ0n) is 16.0. The van der Waals surface area contributed by atoms with Gasteiger partial charge in [-0.25, -0.2) is 0 Å². The summed E-state index contributed by atoms with van der Waals surface area (Å²) in [6.45, 7) is 0. The number of ether oxygens (including phenoxy) is 1. The second kappa shape index (κ2) is 6.00. The van der Waals surface area contributed by atoms with Gasteiger partial charge in [-0.2, -0.15) is 0 Å².